The Kier molecular flexibility index (Phi) is 2.91. The summed E-state index contributed by atoms with van der Waals surface area (Å²) in [6.07, 6.45) is 1.56. The summed E-state index contributed by atoms with van der Waals surface area (Å²) in [6, 6.07) is 0. The van der Waals surface area contributed by atoms with Crippen LogP contribution < -0.4 is 0 Å². The van der Waals surface area contributed by atoms with Crippen LogP contribution in [-0.4, -0.2) is 31.1 Å². The van der Waals surface area contributed by atoms with Crippen LogP contribution in [0.2, 0.25) is 0 Å². The minimum atomic E-state index is -0.00732. The zero-order valence-corrected chi connectivity index (χ0v) is 10.2. The van der Waals surface area contributed by atoms with Gasteiger partial charge in [0.25, 0.3) is 5.78 Å². The molecule has 0 atom stereocenters. The number of thioether (sulfide) groups is 1. The fraction of sp³-hybridized carbons (Fsp3) is 0.400. The van der Waals surface area contributed by atoms with Crippen molar-refractivity contribution in [2.75, 3.05) is 5.75 Å². The first kappa shape index (κ1) is 11.1. The van der Waals surface area contributed by atoms with E-state index >= 15 is 0 Å². The van der Waals surface area contributed by atoms with Crippen molar-refractivity contribution >= 4 is 23.3 Å². The van der Waals surface area contributed by atoms with Crippen molar-refractivity contribution < 1.29 is 4.79 Å². The summed E-state index contributed by atoms with van der Waals surface area (Å²) in [6.45, 7) is 5.41. The van der Waals surface area contributed by atoms with Crippen LogP contribution >= 0.6 is 11.8 Å². The van der Waals surface area contributed by atoms with E-state index in [0.717, 1.165) is 11.4 Å². The molecule has 0 unspecified atom stereocenters. The molecule has 0 aliphatic rings. The number of rotatable bonds is 3. The van der Waals surface area contributed by atoms with E-state index in [1.807, 2.05) is 13.8 Å². The molecule has 6 heteroatoms. The standard InChI is InChI=1S/C10H12N4OS/c1-4-16-10-12-9-11-5-8(7(3)15)6(2)14(9)13-10/h5H,4H2,1-3H3. The number of fused-ring (bicyclic) bond motifs is 1. The fourth-order valence-electron chi connectivity index (χ4n) is 1.46. The summed E-state index contributed by atoms with van der Waals surface area (Å²) in [7, 11) is 0. The Hall–Kier alpha value is -1.43. The minimum Gasteiger partial charge on any atom is -0.294 e. The van der Waals surface area contributed by atoms with Gasteiger partial charge in [0, 0.05) is 6.20 Å². The van der Waals surface area contributed by atoms with E-state index in [-0.39, 0.29) is 5.78 Å². The quantitative estimate of drug-likeness (QED) is 0.600. The second-order valence-corrected chi connectivity index (χ2v) is 4.58. The zero-order valence-electron chi connectivity index (χ0n) is 9.39. The van der Waals surface area contributed by atoms with Crippen LogP contribution in [0.4, 0.5) is 0 Å². The average molecular weight is 236 g/mol. The maximum absolute atomic E-state index is 11.3. The van der Waals surface area contributed by atoms with Crippen molar-refractivity contribution in [2.45, 2.75) is 25.9 Å². The van der Waals surface area contributed by atoms with Gasteiger partial charge in [-0.25, -0.2) is 4.98 Å². The van der Waals surface area contributed by atoms with Crippen molar-refractivity contribution in [3.05, 3.63) is 17.5 Å². The lowest BCUT2D eigenvalue weighted by molar-refractivity contribution is 0.101. The van der Waals surface area contributed by atoms with Crippen molar-refractivity contribution in [2.24, 2.45) is 0 Å². The van der Waals surface area contributed by atoms with Gasteiger partial charge in [-0.3, -0.25) is 4.79 Å². The molecule has 0 saturated heterocycles. The molecule has 0 fully saturated rings. The molecule has 2 rings (SSSR count). The Labute approximate surface area is 97.3 Å². The van der Waals surface area contributed by atoms with Gasteiger partial charge in [-0.05, 0) is 19.6 Å². The average Bonchev–Trinajstić information content (AvgIpc) is 2.62. The highest BCUT2D eigenvalue weighted by atomic mass is 32.2. The second-order valence-electron chi connectivity index (χ2n) is 3.35. The number of Topliss-reactive ketones (excluding diaryl/α,β-unsaturated/α-hetero) is 1. The summed E-state index contributed by atoms with van der Waals surface area (Å²) in [4.78, 5) is 19.7. The van der Waals surface area contributed by atoms with Crippen LogP contribution in [0.5, 0.6) is 0 Å². The third kappa shape index (κ3) is 1.80. The first-order valence-corrected chi connectivity index (χ1v) is 5.98. The molecule has 0 aliphatic heterocycles. The van der Waals surface area contributed by atoms with Gasteiger partial charge in [0.15, 0.2) is 5.78 Å². The van der Waals surface area contributed by atoms with Crippen LogP contribution in [0.1, 0.15) is 29.9 Å². The number of hydrogen-bond acceptors (Lipinski definition) is 5. The summed E-state index contributed by atoms with van der Waals surface area (Å²) in [5, 5.41) is 4.99. The highest BCUT2D eigenvalue weighted by Crippen LogP contribution is 2.15. The van der Waals surface area contributed by atoms with E-state index in [4.69, 9.17) is 0 Å². The third-order valence-corrected chi connectivity index (χ3v) is 2.96. The van der Waals surface area contributed by atoms with E-state index in [0.29, 0.717) is 16.5 Å². The lowest BCUT2D eigenvalue weighted by Gasteiger charge is -2.01. The van der Waals surface area contributed by atoms with Gasteiger partial charge in [0.1, 0.15) is 0 Å². The van der Waals surface area contributed by atoms with Gasteiger partial charge in [0.2, 0.25) is 5.16 Å². The Morgan fingerprint density at radius 2 is 2.31 bits per heavy atom. The number of carbonyl (C=O) groups is 1. The van der Waals surface area contributed by atoms with E-state index < -0.39 is 0 Å². The summed E-state index contributed by atoms with van der Waals surface area (Å²) >= 11 is 1.56. The number of ketones is 1. The lowest BCUT2D eigenvalue weighted by atomic mass is 10.2. The molecular formula is C10H12N4OS. The molecule has 16 heavy (non-hydrogen) atoms. The molecule has 0 spiro atoms. The SMILES string of the molecule is CCSc1nc2ncc(C(C)=O)c(C)n2n1. The number of aromatic nitrogens is 4. The van der Waals surface area contributed by atoms with E-state index in [1.54, 1.807) is 22.5 Å². The Balaban J connectivity index is 2.60. The van der Waals surface area contributed by atoms with Crippen LogP contribution in [0.25, 0.3) is 5.78 Å². The van der Waals surface area contributed by atoms with Crippen LogP contribution in [0, 0.1) is 6.92 Å². The number of aryl methyl sites for hydroxylation is 1. The largest absolute Gasteiger partial charge is 0.294 e. The molecular weight excluding hydrogens is 224 g/mol. The zero-order chi connectivity index (χ0) is 11.7. The topological polar surface area (TPSA) is 60.2 Å². The normalized spacial score (nSPS) is 10.9. The molecule has 0 N–H and O–H groups in total. The van der Waals surface area contributed by atoms with E-state index in [9.17, 15) is 4.79 Å². The number of nitrogens with zero attached hydrogens (tertiary/aromatic N) is 4. The molecule has 0 bridgehead atoms. The predicted molar refractivity (Wildman–Crippen MR) is 61.9 cm³/mol. The Morgan fingerprint density at radius 3 is 2.94 bits per heavy atom. The molecule has 0 aromatic carbocycles. The van der Waals surface area contributed by atoms with Crippen molar-refractivity contribution in [1.82, 2.24) is 19.6 Å². The number of hydrogen-bond donors (Lipinski definition) is 0. The predicted octanol–water partition coefficient (Wildman–Crippen LogP) is 1.75. The molecule has 0 radical (unpaired) electrons. The van der Waals surface area contributed by atoms with Gasteiger partial charge in [-0.1, -0.05) is 18.7 Å². The summed E-state index contributed by atoms with van der Waals surface area (Å²) in [5.41, 5.74) is 1.37. The van der Waals surface area contributed by atoms with Gasteiger partial charge >= 0.3 is 0 Å². The smallest absolute Gasteiger partial charge is 0.253 e. The van der Waals surface area contributed by atoms with Crippen LogP contribution in [-0.2, 0) is 0 Å². The highest BCUT2D eigenvalue weighted by Gasteiger charge is 2.12. The number of carbonyl (C=O) groups excluding carboxylic acids is 1. The van der Waals surface area contributed by atoms with E-state index in [2.05, 4.69) is 15.1 Å². The van der Waals surface area contributed by atoms with E-state index in [1.165, 1.54) is 6.92 Å². The summed E-state index contributed by atoms with van der Waals surface area (Å²) < 4.78 is 1.62. The fourth-order valence-corrected chi connectivity index (χ4v) is 2.00. The van der Waals surface area contributed by atoms with Gasteiger partial charge in [0.05, 0.1) is 11.3 Å². The molecule has 84 valence electrons. The highest BCUT2D eigenvalue weighted by molar-refractivity contribution is 7.99. The molecule has 2 aromatic rings. The van der Waals surface area contributed by atoms with Crippen molar-refractivity contribution in [1.29, 1.82) is 0 Å². The van der Waals surface area contributed by atoms with Gasteiger partial charge in [-0.15, -0.1) is 5.10 Å². The Morgan fingerprint density at radius 1 is 1.56 bits per heavy atom. The van der Waals surface area contributed by atoms with Gasteiger partial charge in [-0.2, -0.15) is 9.50 Å². The Bertz CT molecular complexity index is 549. The van der Waals surface area contributed by atoms with Crippen LogP contribution in [0.3, 0.4) is 0 Å². The minimum absolute atomic E-state index is 0.00732. The molecule has 0 saturated carbocycles. The third-order valence-electron chi connectivity index (χ3n) is 2.24. The summed E-state index contributed by atoms with van der Waals surface area (Å²) in [5.74, 6) is 1.45. The van der Waals surface area contributed by atoms with Gasteiger partial charge < -0.3 is 0 Å². The lowest BCUT2D eigenvalue weighted by Crippen LogP contribution is -2.05. The molecule has 5 nitrogen and oxygen atoms in total. The second kappa shape index (κ2) is 4.21. The molecule has 0 aliphatic carbocycles. The maximum atomic E-state index is 11.3. The molecule has 2 heterocycles. The first-order valence-electron chi connectivity index (χ1n) is 4.99. The monoisotopic (exact) mass is 236 g/mol. The van der Waals surface area contributed by atoms with Crippen molar-refractivity contribution in [3.8, 4) is 0 Å². The van der Waals surface area contributed by atoms with Crippen molar-refractivity contribution in [3.63, 3.8) is 0 Å². The molecule has 0 amide bonds. The van der Waals surface area contributed by atoms with Crippen LogP contribution in [0.15, 0.2) is 11.4 Å². The first-order chi connectivity index (χ1) is 7.63. The molecule has 2 aromatic heterocycles. The maximum Gasteiger partial charge on any atom is 0.253 e.